The summed E-state index contributed by atoms with van der Waals surface area (Å²) in [6, 6.07) is 10.3. The van der Waals surface area contributed by atoms with Crippen LogP contribution in [0.1, 0.15) is 67.8 Å². The number of ether oxygens (including phenoxy) is 2. The first kappa shape index (κ1) is 24.4. The lowest BCUT2D eigenvalue weighted by atomic mass is 9.91. The largest absolute Gasteiger partial charge is 0.507 e. The number of likely N-dealkylation sites (tertiary alicyclic amines) is 1. The number of Topliss-reactive ketones (excluding diaryl/α,β-unsaturated/α-hetero) is 1. The standard InChI is InChI=1S/C27H33NO5/c1-7-8-13-28-24(18-9-11-19(32-5)12-10-18)23(26(30)27(28)31)25(29)21-15-20(16(2)3)22(33-6)14-17(21)4/h9-12,14-16,24,29H,7-8,13H2,1-6H3/b25-23+. The monoisotopic (exact) mass is 451 g/mol. The van der Waals surface area contributed by atoms with Gasteiger partial charge in [0.25, 0.3) is 11.7 Å². The van der Waals surface area contributed by atoms with Gasteiger partial charge in [-0.3, -0.25) is 9.59 Å². The molecule has 0 aliphatic carbocycles. The smallest absolute Gasteiger partial charge is 0.295 e. The number of aliphatic hydroxyl groups excluding tert-OH is 1. The molecule has 6 heteroatoms. The molecule has 3 rings (SSSR count). The van der Waals surface area contributed by atoms with Gasteiger partial charge in [-0.25, -0.2) is 0 Å². The number of aliphatic hydroxyl groups is 1. The van der Waals surface area contributed by atoms with E-state index in [-0.39, 0.29) is 17.3 Å². The summed E-state index contributed by atoms with van der Waals surface area (Å²) in [5.74, 6) is 0.157. The van der Waals surface area contributed by atoms with Gasteiger partial charge in [0.05, 0.1) is 25.8 Å². The molecular formula is C27H33NO5. The highest BCUT2D eigenvalue weighted by atomic mass is 16.5. The van der Waals surface area contributed by atoms with Crippen LogP contribution >= 0.6 is 0 Å². The predicted molar refractivity (Wildman–Crippen MR) is 129 cm³/mol. The third-order valence-corrected chi connectivity index (χ3v) is 6.18. The molecule has 0 spiro atoms. The fraction of sp³-hybridized carbons (Fsp3) is 0.407. The quantitative estimate of drug-likeness (QED) is 0.332. The fourth-order valence-electron chi connectivity index (χ4n) is 4.30. The molecule has 1 heterocycles. The van der Waals surface area contributed by atoms with Gasteiger partial charge in [-0.15, -0.1) is 0 Å². The number of nitrogens with zero attached hydrogens (tertiary/aromatic N) is 1. The number of aryl methyl sites for hydroxylation is 1. The second-order valence-electron chi connectivity index (χ2n) is 8.68. The molecule has 1 atom stereocenters. The first-order valence-corrected chi connectivity index (χ1v) is 11.4. The van der Waals surface area contributed by atoms with Crippen molar-refractivity contribution in [1.82, 2.24) is 4.90 Å². The molecule has 1 N–H and O–H groups in total. The molecule has 0 aromatic heterocycles. The van der Waals surface area contributed by atoms with Crippen molar-refractivity contribution in [3.8, 4) is 11.5 Å². The number of hydrogen-bond donors (Lipinski definition) is 1. The molecule has 1 aliphatic rings. The molecule has 2 aromatic rings. The van der Waals surface area contributed by atoms with Crippen molar-refractivity contribution in [2.75, 3.05) is 20.8 Å². The number of amides is 1. The minimum atomic E-state index is -0.661. The van der Waals surface area contributed by atoms with E-state index in [1.54, 1.807) is 31.3 Å². The Morgan fingerprint density at radius 2 is 1.76 bits per heavy atom. The molecule has 0 radical (unpaired) electrons. The number of carbonyl (C=O) groups excluding carboxylic acids is 2. The van der Waals surface area contributed by atoms with Crippen LogP contribution in [0.25, 0.3) is 5.76 Å². The zero-order valence-corrected chi connectivity index (χ0v) is 20.3. The van der Waals surface area contributed by atoms with Gasteiger partial charge in [0, 0.05) is 12.1 Å². The van der Waals surface area contributed by atoms with Crippen LogP contribution in [0.4, 0.5) is 0 Å². The van der Waals surface area contributed by atoms with E-state index in [1.165, 1.54) is 0 Å². The van der Waals surface area contributed by atoms with Crippen LogP contribution in [0, 0.1) is 6.92 Å². The van der Waals surface area contributed by atoms with Gasteiger partial charge in [-0.2, -0.15) is 0 Å². The van der Waals surface area contributed by atoms with Crippen molar-refractivity contribution < 1.29 is 24.2 Å². The van der Waals surface area contributed by atoms with Crippen molar-refractivity contribution in [3.05, 3.63) is 64.2 Å². The second-order valence-corrected chi connectivity index (χ2v) is 8.68. The maximum Gasteiger partial charge on any atom is 0.295 e. The molecule has 1 saturated heterocycles. The summed E-state index contributed by atoms with van der Waals surface area (Å²) in [4.78, 5) is 27.8. The maximum absolute atomic E-state index is 13.2. The molecule has 1 aliphatic heterocycles. The van der Waals surface area contributed by atoms with Crippen molar-refractivity contribution in [2.24, 2.45) is 0 Å². The third-order valence-electron chi connectivity index (χ3n) is 6.18. The van der Waals surface area contributed by atoms with Crippen molar-refractivity contribution in [3.63, 3.8) is 0 Å². The molecule has 1 unspecified atom stereocenters. The first-order chi connectivity index (χ1) is 15.7. The summed E-state index contributed by atoms with van der Waals surface area (Å²) in [7, 11) is 3.20. The van der Waals surface area contributed by atoms with Crippen LogP contribution in [0.5, 0.6) is 11.5 Å². The van der Waals surface area contributed by atoms with Crippen molar-refractivity contribution in [1.29, 1.82) is 0 Å². The van der Waals surface area contributed by atoms with Gasteiger partial charge in [0.15, 0.2) is 0 Å². The van der Waals surface area contributed by atoms with Crippen LogP contribution in [0.3, 0.4) is 0 Å². The lowest BCUT2D eigenvalue weighted by Gasteiger charge is -2.25. The van der Waals surface area contributed by atoms with Gasteiger partial charge in [-0.1, -0.05) is 39.3 Å². The summed E-state index contributed by atoms with van der Waals surface area (Å²) in [5, 5.41) is 11.4. The van der Waals surface area contributed by atoms with Crippen molar-refractivity contribution >= 4 is 17.4 Å². The number of carbonyl (C=O) groups is 2. The van der Waals surface area contributed by atoms with Crippen LogP contribution in [0.2, 0.25) is 0 Å². The molecule has 2 aromatic carbocycles. The molecule has 6 nitrogen and oxygen atoms in total. The van der Waals surface area contributed by atoms with Crippen LogP contribution in [-0.4, -0.2) is 42.5 Å². The average Bonchev–Trinajstić information content (AvgIpc) is 3.06. The molecule has 33 heavy (non-hydrogen) atoms. The van der Waals surface area contributed by atoms with E-state index in [9.17, 15) is 14.7 Å². The zero-order valence-electron chi connectivity index (χ0n) is 20.3. The zero-order chi connectivity index (χ0) is 24.3. The average molecular weight is 452 g/mol. The van der Waals surface area contributed by atoms with E-state index in [0.29, 0.717) is 17.9 Å². The fourth-order valence-corrected chi connectivity index (χ4v) is 4.30. The van der Waals surface area contributed by atoms with E-state index in [1.807, 2.05) is 52.0 Å². The molecule has 1 amide bonds. The molecular weight excluding hydrogens is 418 g/mol. The number of rotatable bonds is 8. The first-order valence-electron chi connectivity index (χ1n) is 11.4. The summed E-state index contributed by atoms with van der Waals surface area (Å²) >= 11 is 0. The van der Waals surface area contributed by atoms with E-state index in [4.69, 9.17) is 9.47 Å². The van der Waals surface area contributed by atoms with Gasteiger partial charge in [0.1, 0.15) is 17.3 Å². The summed E-state index contributed by atoms with van der Waals surface area (Å²) in [6.07, 6.45) is 1.65. The highest BCUT2D eigenvalue weighted by molar-refractivity contribution is 6.46. The number of ketones is 1. The summed E-state index contributed by atoms with van der Waals surface area (Å²) < 4.78 is 10.8. The molecule has 1 fully saturated rings. The highest BCUT2D eigenvalue weighted by Gasteiger charge is 2.45. The highest BCUT2D eigenvalue weighted by Crippen LogP contribution is 2.41. The number of benzene rings is 2. The Morgan fingerprint density at radius 3 is 2.30 bits per heavy atom. The number of unbranched alkanes of at least 4 members (excludes halogenated alkanes) is 1. The summed E-state index contributed by atoms with van der Waals surface area (Å²) in [5.41, 5.74) is 3.09. The van der Waals surface area contributed by atoms with Crippen LogP contribution in [0.15, 0.2) is 42.0 Å². The van der Waals surface area contributed by atoms with Gasteiger partial charge >= 0.3 is 0 Å². The lowest BCUT2D eigenvalue weighted by molar-refractivity contribution is -0.139. The Bertz CT molecular complexity index is 1070. The van der Waals surface area contributed by atoms with Gasteiger partial charge in [0.2, 0.25) is 0 Å². The maximum atomic E-state index is 13.2. The predicted octanol–water partition coefficient (Wildman–Crippen LogP) is 5.36. The van der Waals surface area contributed by atoms with Crippen LogP contribution in [-0.2, 0) is 9.59 Å². The molecule has 176 valence electrons. The Kier molecular flexibility index (Phi) is 7.46. The Balaban J connectivity index is 2.23. The minimum absolute atomic E-state index is 0.115. The van der Waals surface area contributed by atoms with E-state index < -0.39 is 17.7 Å². The number of methoxy groups -OCH3 is 2. The van der Waals surface area contributed by atoms with E-state index in [2.05, 4.69) is 0 Å². The SMILES string of the molecule is CCCCN1C(=O)C(=O)/C(=C(/O)c2cc(C(C)C)c(OC)cc2C)C1c1ccc(OC)cc1. The van der Waals surface area contributed by atoms with Gasteiger partial charge < -0.3 is 19.5 Å². The Labute approximate surface area is 195 Å². The second kappa shape index (κ2) is 10.1. The molecule has 0 bridgehead atoms. The lowest BCUT2D eigenvalue weighted by Crippen LogP contribution is -2.30. The van der Waals surface area contributed by atoms with E-state index in [0.717, 1.165) is 35.3 Å². The van der Waals surface area contributed by atoms with E-state index >= 15 is 0 Å². The molecule has 0 saturated carbocycles. The Morgan fingerprint density at radius 1 is 1.09 bits per heavy atom. The normalized spacial score (nSPS) is 17.7. The van der Waals surface area contributed by atoms with Crippen LogP contribution < -0.4 is 9.47 Å². The summed E-state index contributed by atoms with van der Waals surface area (Å²) in [6.45, 7) is 8.41. The number of hydrogen-bond acceptors (Lipinski definition) is 5. The van der Waals surface area contributed by atoms with Gasteiger partial charge in [-0.05, 0) is 60.2 Å². The third kappa shape index (κ3) is 4.61. The topological polar surface area (TPSA) is 76.1 Å². The van der Waals surface area contributed by atoms with Crippen molar-refractivity contribution in [2.45, 2.75) is 52.5 Å². The minimum Gasteiger partial charge on any atom is -0.507 e. The Hall–Kier alpha value is -3.28.